The molecule has 3 aromatic rings. The third-order valence-electron chi connectivity index (χ3n) is 9.06. The van der Waals surface area contributed by atoms with Gasteiger partial charge in [-0.05, 0) is 99.4 Å². The monoisotopic (exact) mass is 631 g/mol. The van der Waals surface area contributed by atoms with E-state index >= 15 is 0 Å². The number of nitrogens with zero attached hydrogens (tertiary/aromatic N) is 3. The number of amides is 2. The van der Waals surface area contributed by atoms with Gasteiger partial charge in [-0.1, -0.05) is 6.42 Å². The predicted octanol–water partition coefficient (Wildman–Crippen LogP) is 5.37. The minimum absolute atomic E-state index is 0.0291. The number of aromatic nitrogens is 2. The molecule has 1 atom stereocenters. The van der Waals surface area contributed by atoms with Crippen LogP contribution in [0.15, 0.2) is 47.4 Å². The van der Waals surface area contributed by atoms with Crippen molar-refractivity contribution >= 4 is 17.6 Å². The number of alkyl halides is 1. The highest BCUT2D eigenvalue weighted by Gasteiger charge is 2.33. The Kier molecular flexibility index (Phi) is 9.13. The number of methoxy groups -OCH3 is 1. The van der Waals surface area contributed by atoms with Crippen LogP contribution in [0.3, 0.4) is 0 Å². The van der Waals surface area contributed by atoms with Crippen molar-refractivity contribution in [2.24, 2.45) is 5.92 Å². The molecule has 1 aliphatic heterocycles. The number of carbonyl (C=O) groups is 2. The summed E-state index contributed by atoms with van der Waals surface area (Å²) in [5.41, 5.74) is 2.01. The Bertz CT molecular complexity index is 1680. The van der Waals surface area contributed by atoms with E-state index in [1.54, 1.807) is 41.0 Å². The molecular formula is C35H42FN5O5. The van der Waals surface area contributed by atoms with E-state index in [9.17, 15) is 18.8 Å². The average Bonchev–Trinajstić information content (AvgIpc) is 3.82. The fourth-order valence-corrected chi connectivity index (χ4v) is 5.98. The maximum Gasteiger partial charge on any atom is 0.263 e. The SMILES string of the molecule is COc1ccc(-c2cc(NC(=O)c3cc(CN[C@@H](C)C4CCC4)cn(C4CC4)c3=O)nc(OC(C)C)c2)c(C(=O)N2CC(F)C2)c1. The number of anilines is 1. The first kappa shape index (κ1) is 31.7. The van der Waals surface area contributed by atoms with Crippen molar-refractivity contribution in [1.82, 2.24) is 19.8 Å². The Balaban J connectivity index is 1.32. The molecule has 0 bridgehead atoms. The van der Waals surface area contributed by atoms with Crippen molar-refractivity contribution in [3.63, 3.8) is 0 Å². The van der Waals surface area contributed by atoms with Crippen LogP contribution in [-0.2, 0) is 6.54 Å². The summed E-state index contributed by atoms with van der Waals surface area (Å²) in [4.78, 5) is 46.6. The summed E-state index contributed by atoms with van der Waals surface area (Å²) in [5.74, 6) is 0.644. The van der Waals surface area contributed by atoms with Gasteiger partial charge >= 0.3 is 0 Å². The van der Waals surface area contributed by atoms with Gasteiger partial charge in [0.15, 0.2) is 0 Å². The fourth-order valence-electron chi connectivity index (χ4n) is 5.98. The first-order chi connectivity index (χ1) is 22.1. The van der Waals surface area contributed by atoms with Crippen LogP contribution in [0.25, 0.3) is 11.1 Å². The second-order valence-electron chi connectivity index (χ2n) is 13.0. The predicted molar refractivity (Wildman–Crippen MR) is 173 cm³/mol. The summed E-state index contributed by atoms with van der Waals surface area (Å²) in [7, 11) is 1.51. The largest absolute Gasteiger partial charge is 0.497 e. The molecule has 1 aromatic carbocycles. The van der Waals surface area contributed by atoms with Crippen molar-refractivity contribution in [1.29, 1.82) is 0 Å². The molecule has 3 heterocycles. The summed E-state index contributed by atoms with van der Waals surface area (Å²) in [6.07, 6.45) is 6.13. The third-order valence-corrected chi connectivity index (χ3v) is 9.06. The van der Waals surface area contributed by atoms with Crippen molar-refractivity contribution in [3.8, 4) is 22.8 Å². The van der Waals surface area contributed by atoms with Crippen LogP contribution < -0.4 is 25.7 Å². The minimum atomic E-state index is -1.04. The zero-order valence-electron chi connectivity index (χ0n) is 26.8. The number of halogens is 1. The number of hydrogen-bond donors (Lipinski definition) is 2. The van der Waals surface area contributed by atoms with E-state index in [2.05, 4.69) is 22.5 Å². The van der Waals surface area contributed by atoms with E-state index in [1.807, 2.05) is 20.0 Å². The van der Waals surface area contributed by atoms with Gasteiger partial charge < -0.3 is 29.6 Å². The average molecular weight is 632 g/mol. The van der Waals surface area contributed by atoms with E-state index in [4.69, 9.17) is 9.47 Å². The van der Waals surface area contributed by atoms with Crippen LogP contribution in [0.4, 0.5) is 10.2 Å². The van der Waals surface area contributed by atoms with Gasteiger partial charge in [0.25, 0.3) is 17.4 Å². The van der Waals surface area contributed by atoms with Crippen molar-refractivity contribution < 1.29 is 23.5 Å². The van der Waals surface area contributed by atoms with Crippen molar-refractivity contribution in [3.05, 3.63) is 69.6 Å². The Hall–Kier alpha value is -4.25. The smallest absolute Gasteiger partial charge is 0.263 e. The Morgan fingerprint density at radius 3 is 2.43 bits per heavy atom. The standard InChI is InChI=1S/C35H42FN5O5/c1-20(2)46-32-14-24(28-11-10-27(45-4)15-29(28)34(43)40-18-25(36)19-40)13-31(38-32)39-33(42)30-12-22(16-37-21(3)23-6-5-7-23)17-41(35(30)44)26-8-9-26/h10-15,17,20-21,23,25-26,37H,5-9,16,18-19H2,1-4H3,(H,38,39,42)/t21-/m0/s1. The fraction of sp³-hybridized carbons (Fsp3) is 0.486. The van der Waals surface area contributed by atoms with Crippen molar-refractivity contribution in [2.45, 2.75) is 83.8 Å². The van der Waals surface area contributed by atoms with Gasteiger partial charge in [-0.15, -0.1) is 0 Å². The molecule has 2 N–H and O–H groups in total. The topological polar surface area (TPSA) is 115 Å². The minimum Gasteiger partial charge on any atom is -0.497 e. The van der Waals surface area contributed by atoms with Gasteiger partial charge in [0.2, 0.25) is 5.88 Å². The molecule has 2 aromatic heterocycles. The first-order valence-corrected chi connectivity index (χ1v) is 16.2. The molecule has 6 rings (SSSR count). The van der Waals surface area contributed by atoms with Gasteiger partial charge in [-0.25, -0.2) is 4.39 Å². The van der Waals surface area contributed by atoms with Gasteiger partial charge in [-0.2, -0.15) is 4.98 Å². The molecule has 0 spiro atoms. The molecule has 46 heavy (non-hydrogen) atoms. The highest BCUT2D eigenvalue weighted by molar-refractivity contribution is 6.05. The Labute approximate surface area is 268 Å². The molecule has 10 nitrogen and oxygen atoms in total. The second-order valence-corrected chi connectivity index (χ2v) is 13.0. The van der Waals surface area contributed by atoms with Crippen LogP contribution in [0.1, 0.15) is 85.2 Å². The van der Waals surface area contributed by atoms with E-state index in [0.29, 0.717) is 40.9 Å². The van der Waals surface area contributed by atoms with Crippen LogP contribution >= 0.6 is 0 Å². The second kappa shape index (κ2) is 13.2. The van der Waals surface area contributed by atoms with E-state index in [0.717, 1.165) is 18.4 Å². The molecule has 3 fully saturated rings. The summed E-state index contributed by atoms with van der Waals surface area (Å²) < 4.78 is 26.6. The summed E-state index contributed by atoms with van der Waals surface area (Å²) in [6, 6.07) is 10.5. The lowest BCUT2D eigenvalue weighted by Gasteiger charge is -2.34. The normalized spacial score (nSPS) is 17.3. The van der Waals surface area contributed by atoms with E-state index in [-0.39, 0.29) is 54.0 Å². The van der Waals surface area contributed by atoms with Gasteiger partial charge in [-0.3, -0.25) is 14.4 Å². The molecule has 244 valence electrons. The highest BCUT2D eigenvalue weighted by Crippen LogP contribution is 2.35. The number of hydrogen-bond acceptors (Lipinski definition) is 7. The number of likely N-dealkylation sites (tertiary alicyclic amines) is 1. The lowest BCUT2D eigenvalue weighted by molar-refractivity contribution is 0.0400. The molecule has 2 saturated carbocycles. The maximum atomic E-state index is 13.8. The molecule has 2 aliphatic carbocycles. The molecule has 2 amide bonds. The van der Waals surface area contributed by atoms with E-state index < -0.39 is 12.1 Å². The highest BCUT2D eigenvalue weighted by atomic mass is 19.1. The molecule has 11 heteroatoms. The molecule has 0 unspecified atom stereocenters. The van der Waals surface area contributed by atoms with Crippen LogP contribution in [-0.4, -0.2) is 64.8 Å². The number of rotatable bonds is 12. The Morgan fingerprint density at radius 1 is 1.04 bits per heavy atom. The van der Waals surface area contributed by atoms with Crippen LogP contribution in [0.2, 0.25) is 0 Å². The first-order valence-electron chi connectivity index (χ1n) is 16.2. The van der Waals surface area contributed by atoms with Gasteiger partial charge in [0.1, 0.15) is 23.3 Å². The lowest BCUT2D eigenvalue weighted by Crippen LogP contribution is -2.51. The molecule has 3 aliphatic rings. The van der Waals surface area contributed by atoms with Crippen molar-refractivity contribution in [2.75, 3.05) is 25.5 Å². The number of carbonyl (C=O) groups excluding carboxylic acids is 2. The van der Waals surface area contributed by atoms with Gasteiger partial charge in [0.05, 0.1) is 31.9 Å². The molecular weight excluding hydrogens is 589 g/mol. The zero-order chi connectivity index (χ0) is 32.5. The molecule has 1 saturated heterocycles. The number of benzene rings is 1. The number of ether oxygens (including phenoxy) is 2. The van der Waals surface area contributed by atoms with E-state index in [1.165, 1.54) is 31.3 Å². The number of pyridine rings is 2. The van der Waals surface area contributed by atoms with Crippen LogP contribution in [0.5, 0.6) is 11.6 Å². The zero-order valence-corrected chi connectivity index (χ0v) is 26.8. The molecule has 0 radical (unpaired) electrons. The summed E-state index contributed by atoms with van der Waals surface area (Å²) >= 11 is 0. The maximum absolute atomic E-state index is 13.8. The third kappa shape index (κ3) is 6.94. The number of nitrogens with one attached hydrogen (secondary N) is 2. The quantitative estimate of drug-likeness (QED) is 0.276. The Morgan fingerprint density at radius 2 is 1.80 bits per heavy atom. The van der Waals surface area contributed by atoms with Gasteiger partial charge in [0, 0.05) is 30.9 Å². The van der Waals surface area contributed by atoms with Crippen LogP contribution in [0, 0.1) is 5.92 Å². The summed E-state index contributed by atoms with van der Waals surface area (Å²) in [5, 5.41) is 6.41. The lowest BCUT2D eigenvalue weighted by atomic mass is 9.80. The summed E-state index contributed by atoms with van der Waals surface area (Å²) in [6.45, 7) is 6.52.